The van der Waals surface area contributed by atoms with E-state index in [1.54, 1.807) is 25.6 Å². The third kappa shape index (κ3) is 2.40. The second-order valence-electron chi connectivity index (χ2n) is 4.36. The minimum Gasteiger partial charge on any atom is -0.480 e. The quantitative estimate of drug-likeness (QED) is 0.635. The van der Waals surface area contributed by atoms with Crippen molar-refractivity contribution in [2.75, 3.05) is 18.1 Å². The van der Waals surface area contributed by atoms with E-state index in [9.17, 15) is 4.79 Å². The Morgan fingerprint density at radius 1 is 1.64 bits per heavy atom. The number of carbonyl (C=O) groups is 1. The number of carboxylic acids is 1. The van der Waals surface area contributed by atoms with Crippen LogP contribution < -0.4 is 5.32 Å². The lowest BCUT2D eigenvalue weighted by molar-refractivity contribution is -0.144. The molecule has 1 fully saturated rings. The molecule has 1 atom stereocenters. The molecule has 3 N–H and O–H groups in total. The van der Waals surface area contributed by atoms with Crippen LogP contribution in [-0.4, -0.2) is 45.4 Å². The molecule has 0 saturated carbocycles. The van der Waals surface area contributed by atoms with Gasteiger partial charge >= 0.3 is 5.97 Å². The highest BCUT2D eigenvalue weighted by molar-refractivity contribution is 7.99. The number of thioether (sulfide) groups is 1. The first-order chi connectivity index (χ1) is 6.42. The van der Waals surface area contributed by atoms with E-state index in [0.29, 0.717) is 12.2 Å². The average molecular weight is 219 g/mol. The van der Waals surface area contributed by atoms with Gasteiger partial charge in [-0.15, -0.1) is 0 Å². The van der Waals surface area contributed by atoms with Crippen LogP contribution in [0.1, 0.15) is 20.3 Å². The van der Waals surface area contributed by atoms with Gasteiger partial charge in [0, 0.05) is 11.3 Å². The molecule has 0 bridgehead atoms. The van der Waals surface area contributed by atoms with Crippen LogP contribution in [0.4, 0.5) is 0 Å². The predicted molar refractivity (Wildman–Crippen MR) is 56.6 cm³/mol. The summed E-state index contributed by atoms with van der Waals surface area (Å²) in [6.07, 6.45) is 0.621. The number of rotatable bonds is 4. The van der Waals surface area contributed by atoms with E-state index >= 15 is 0 Å². The molecule has 0 aromatic heterocycles. The Hall–Kier alpha value is -0.260. The fourth-order valence-corrected chi connectivity index (χ4v) is 2.90. The van der Waals surface area contributed by atoms with E-state index in [2.05, 4.69) is 5.32 Å². The molecule has 82 valence electrons. The van der Waals surface area contributed by atoms with Crippen LogP contribution >= 0.6 is 11.8 Å². The van der Waals surface area contributed by atoms with Gasteiger partial charge < -0.3 is 10.2 Å². The van der Waals surface area contributed by atoms with Crippen LogP contribution in [0.25, 0.3) is 0 Å². The first kappa shape index (κ1) is 11.8. The molecule has 0 radical (unpaired) electrons. The van der Waals surface area contributed by atoms with Gasteiger partial charge in [0.05, 0.1) is 6.61 Å². The second-order valence-corrected chi connectivity index (χ2v) is 5.46. The molecule has 0 aliphatic carbocycles. The third-order valence-electron chi connectivity index (χ3n) is 2.40. The molecule has 1 saturated heterocycles. The highest BCUT2D eigenvalue weighted by Crippen LogP contribution is 2.30. The summed E-state index contributed by atoms with van der Waals surface area (Å²) >= 11 is 1.64. The van der Waals surface area contributed by atoms with Crippen molar-refractivity contribution < 1.29 is 15.0 Å². The van der Waals surface area contributed by atoms with Crippen LogP contribution in [0.2, 0.25) is 0 Å². The van der Waals surface area contributed by atoms with Crippen LogP contribution in [0.3, 0.4) is 0 Å². The van der Waals surface area contributed by atoms with Crippen molar-refractivity contribution in [3.63, 3.8) is 0 Å². The van der Waals surface area contributed by atoms with E-state index in [4.69, 9.17) is 10.2 Å². The minimum atomic E-state index is -0.850. The van der Waals surface area contributed by atoms with Crippen molar-refractivity contribution in [1.82, 2.24) is 5.32 Å². The predicted octanol–water partition coefficient (Wildman–Crippen LogP) is 0.307. The number of aliphatic carboxylic acids is 1. The van der Waals surface area contributed by atoms with E-state index in [1.165, 1.54) is 0 Å². The lowest BCUT2D eigenvalue weighted by atomic mass is 9.94. The largest absolute Gasteiger partial charge is 0.480 e. The summed E-state index contributed by atoms with van der Waals surface area (Å²) in [5.41, 5.74) is -1.39. The molecule has 1 aliphatic heterocycles. The topological polar surface area (TPSA) is 69.6 Å². The third-order valence-corrected chi connectivity index (χ3v) is 3.59. The van der Waals surface area contributed by atoms with Crippen LogP contribution in [0.5, 0.6) is 0 Å². The maximum atomic E-state index is 11.2. The van der Waals surface area contributed by atoms with Gasteiger partial charge in [-0.1, -0.05) is 0 Å². The first-order valence-electron chi connectivity index (χ1n) is 4.63. The van der Waals surface area contributed by atoms with Gasteiger partial charge in [0.1, 0.15) is 5.54 Å². The normalized spacial score (nSPS) is 27.9. The van der Waals surface area contributed by atoms with Gasteiger partial charge in [0.25, 0.3) is 0 Å². The van der Waals surface area contributed by atoms with Crippen LogP contribution in [0.15, 0.2) is 0 Å². The molecule has 4 nitrogen and oxygen atoms in total. The Bertz CT molecular complexity index is 224. The summed E-state index contributed by atoms with van der Waals surface area (Å²) in [5, 5.41) is 21.3. The number of aliphatic hydroxyl groups is 1. The lowest BCUT2D eigenvalue weighted by Gasteiger charge is -2.34. The number of aliphatic hydroxyl groups excluding tert-OH is 1. The van der Waals surface area contributed by atoms with Crippen molar-refractivity contribution in [3.8, 4) is 0 Å². The van der Waals surface area contributed by atoms with E-state index in [0.717, 1.165) is 5.75 Å². The summed E-state index contributed by atoms with van der Waals surface area (Å²) in [4.78, 5) is 11.2. The van der Waals surface area contributed by atoms with E-state index < -0.39 is 17.0 Å². The van der Waals surface area contributed by atoms with Crippen molar-refractivity contribution >= 4 is 17.7 Å². The number of carboxylic acid groups (broad SMARTS) is 1. The molecular formula is C9H17NO3S. The Balaban J connectivity index is 2.75. The molecule has 0 spiro atoms. The number of hydrogen-bond donors (Lipinski definition) is 3. The van der Waals surface area contributed by atoms with Crippen molar-refractivity contribution in [2.24, 2.45) is 0 Å². The van der Waals surface area contributed by atoms with Gasteiger partial charge in [-0.3, -0.25) is 10.1 Å². The molecule has 1 aliphatic rings. The maximum Gasteiger partial charge on any atom is 0.324 e. The molecule has 1 heterocycles. The Morgan fingerprint density at radius 2 is 2.29 bits per heavy atom. The highest BCUT2D eigenvalue weighted by Gasteiger charge is 2.44. The summed E-state index contributed by atoms with van der Waals surface area (Å²) < 4.78 is 0. The van der Waals surface area contributed by atoms with E-state index in [1.807, 2.05) is 0 Å². The summed E-state index contributed by atoms with van der Waals surface area (Å²) in [6, 6.07) is 0. The second kappa shape index (κ2) is 4.08. The van der Waals surface area contributed by atoms with Crippen molar-refractivity contribution in [3.05, 3.63) is 0 Å². The molecule has 0 amide bonds. The van der Waals surface area contributed by atoms with Gasteiger partial charge in [0.15, 0.2) is 0 Å². The molecule has 1 unspecified atom stereocenters. The number of nitrogens with one attached hydrogen (secondary N) is 1. The number of hydrogen-bond acceptors (Lipinski definition) is 4. The fraction of sp³-hybridized carbons (Fsp3) is 0.889. The van der Waals surface area contributed by atoms with Crippen LogP contribution in [-0.2, 0) is 4.79 Å². The Labute approximate surface area is 88.1 Å². The standard InChI is InChI=1S/C9H17NO3S/c1-8(2,5-11)10-9(7(12)13)3-4-14-6-9/h10-11H,3-6H2,1-2H3,(H,12,13). The SMILES string of the molecule is CC(C)(CO)NC1(C(=O)O)CCSC1. The molecule has 1 rings (SSSR count). The zero-order valence-electron chi connectivity index (χ0n) is 8.54. The van der Waals surface area contributed by atoms with Crippen molar-refractivity contribution in [1.29, 1.82) is 0 Å². The molecular weight excluding hydrogens is 202 g/mol. The van der Waals surface area contributed by atoms with Crippen molar-refractivity contribution in [2.45, 2.75) is 31.3 Å². The smallest absolute Gasteiger partial charge is 0.324 e. The van der Waals surface area contributed by atoms with Gasteiger partial charge in [-0.2, -0.15) is 11.8 Å². The van der Waals surface area contributed by atoms with E-state index in [-0.39, 0.29) is 6.61 Å². The first-order valence-corrected chi connectivity index (χ1v) is 5.79. The van der Waals surface area contributed by atoms with Crippen LogP contribution in [0, 0.1) is 0 Å². The zero-order chi connectivity index (χ0) is 10.8. The molecule has 0 aromatic rings. The highest BCUT2D eigenvalue weighted by atomic mass is 32.2. The van der Waals surface area contributed by atoms with Gasteiger partial charge in [0.2, 0.25) is 0 Å². The lowest BCUT2D eigenvalue weighted by Crippen LogP contribution is -2.61. The van der Waals surface area contributed by atoms with Gasteiger partial charge in [-0.05, 0) is 26.0 Å². The maximum absolute atomic E-state index is 11.2. The molecule has 0 aromatic carbocycles. The zero-order valence-corrected chi connectivity index (χ0v) is 9.36. The minimum absolute atomic E-state index is 0.0628. The monoisotopic (exact) mass is 219 g/mol. The summed E-state index contributed by atoms with van der Waals surface area (Å²) in [7, 11) is 0. The average Bonchev–Trinajstić information content (AvgIpc) is 2.53. The molecule has 5 heteroatoms. The fourth-order valence-electron chi connectivity index (χ4n) is 1.57. The summed E-state index contributed by atoms with van der Waals surface area (Å²) in [5.74, 6) is 0.621. The summed E-state index contributed by atoms with van der Waals surface area (Å²) in [6.45, 7) is 3.55. The molecule has 14 heavy (non-hydrogen) atoms. The Morgan fingerprint density at radius 3 is 2.64 bits per heavy atom. The van der Waals surface area contributed by atoms with Gasteiger partial charge in [-0.25, -0.2) is 0 Å². The Kier molecular flexibility index (Phi) is 3.44.